The number of benzene rings is 2. The van der Waals surface area contributed by atoms with Crippen LogP contribution in [0.2, 0.25) is 0 Å². The molecule has 230 valence electrons. The fourth-order valence-electron chi connectivity index (χ4n) is 4.30. The molecule has 2 rings (SSSR count). The number of ether oxygens (including phenoxy) is 2. The number of alkyl carbamates (subject to hydrolysis) is 1. The Labute approximate surface area is 248 Å². The van der Waals surface area contributed by atoms with Gasteiger partial charge in [-0.1, -0.05) is 48.9 Å². The van der Waals surface area contributed by atoms with Crippen molar-refractivity contribution < 1.29 is 33.8 Å². The third kappa shape index (κ3) is 10.7. The van der Waals surface area contributed by atoms with Crippen molar-refractivity contribution in [1.29, 1.82) is 0 Å². The van der Waals surface area contributed by atoms with Crippen LogP contribution in [-0.4, -0.2) is 64.7 Å². The molecule has 3 unspecified atom stereocenters. The number of amides is 3. The molecule has 3 amide bonds. The fraction of sp³-hybridized carbons (Fsp3) is 0.500. The summed E-state index contributed by atoms with van der Waals surface area (Å²) >= 11 is 0. The van der Waals surface area contributed by atoms with Crippen LogP contribution in [0.25, 0.3) is 0 Å². The number of aromatic hydroxyl groups is 1. The molecule has 0 bridgehead atoms. The van der Waals surface area contributed by atoms with Gasteiger partial charge in [0.2, 0.25) is 11.8 Å². The summed E-state index contributed by atoms with van der Waals surface area (Å²) in [4.78, 5) is 54.4. The quantitative estimate of drug-likeness (QED) is 0.294. The Morgan fingerprint density at radius 1 is 0.976 bits per heavy atom. The van der Waals surface area contributed by atoms with Gasteiger partial charge < -0.3 is 30.1 Å². The molecular formula is C32H45N3O7. The van der Waals surface area contributed by atoms with Gasteiger partial charge in [-0.15, -0.1) is 0 Å². The molecule has 3 N–H and O–H groups in total. The number of aryl methyl sites for hydroxylation is 1. The van der Waals surface area contributed by atoms with Gasteiger partial charge >= 0.3 is 12.1 Å². The Morgan fingerprint density at radius 2 is 1.60 bits per heavy atom. The van der Waals surface area contributed by atoms with E-state index >= 15 is 0 Å². The van der Waals surface area contributed by atoms with Crippen molar-refractivity contribution in [3.63, 3.8) is 0 Å². The first-order chi connectivity index (χ1) is 19.7. The minimum absolute atomic E-state index is 0.0127. The number of carbonyl (C=O) groups excluding carboxylic acids is 4. The molecule has 0 heterocycles. The second-order valence-electron chi connectivity index (χ2n) is 11.2. The van der Waals surface area contributed by atoms with Gasteiger partial charge in [0, 0.05) is 19.0 Å². The Balaban J connectivity index is 2.52. The molecule has 0 aliphatic heterocycles. The zero-order chi connectivity index (χ0) is 31.4. The van der Waals surface area contributed by atoms with Gasteiger partial charge in [-0.05, 0) is 71.2 Å². The lowest BCUT2D eigenvalue weighted by atomic mass is 9.97. The number of phenolic OH excluding ortho intramolecular Hbond substituents is 1. The predicted octanol–water partition coefficient (Wildman–Crippen LogP) is 4.57. The zero-order valence-corrected chi connectivity index (χ0v) is 25.7. The van der Waals surface area contributed by atoms with E-state index in [9.17, 15) is 24.3 Å². The second-order valence-corrected chi connectivity index (χ2v) is 11.2. The number of hydrogen-bond acceptors (Lipinski definition) is 7. The van der Waals surface area contributed by atoms with Gasteiger partial charge in [-0.3, -0.25) is 14.4 Å². The topological polar surface area (TPSA) is 134 Å². The van der Waals surface area contributed by atoms with E-state index in [0.29, 0.717) is 17.5 Å². The van der Waals surface area contributed by atoms with E-state index in [4.69, 9.17) is 9.47 Å². The molecule has 2 aromatic carbocycles. The highest BCUT2D eigenvalue weighted by atomic mass is 16.6. The number of hydrogen-bond donors (Lipinski definition) is 3. The molecule has 42 heavy (non-hydrogen) atoms. The largest absolute Gasteiger partial charge is 0.508 e. The highest BCUT2D eigenvalue weighted by Gasteiger charge is 2.38. The van der Waals surface area contributed by atoms with Crippen molar-refractivity contribution in [3.05, 3.63) is 65.2 Å². The first-order valence-electron chi connectivity index (χ1n) is 14.3. The van der Waals surface area contributed by atoms with E-state index < -0.39 is 47.6 Å². The van der Waals surface area contributed by atoms with Crippen LogP contribution in [0.15, 0.2) is 48.5 Å². The SMILES string of the molecule is CCOC(=O)CCNC(=O)C(c1ccc(C)cc1)N(C(=O)C(Cc1ccc(O)cc1)NC(=O)OC(C)(C)C)C(C)CC. The summed E-state index contributed by atoms with van der Waals surface area (Å²) < 4.78 is 10.4. The molecule has 0 aromatic heterocycles. The van der Waals surface area contributed by atoms with Gasteiger partial charge in [-0.25, -0.2) is 4.79 Å². The molecule has 0 saturated heterocycles. The van der Waals surface area contributed by atoms with Crippen LogP contribution in [0.3, 0.4) is 0 Å². The molecule has 0 aliphatic rings. The van der Waals surface area contributed by atoms with Gasteiger partial charge in [0.05, 0.1) is 13.0 Å². The van der Waals surface area contributed by atoms with Crippen LogP contribution in [-0.2, 0) is 30.3 Å². The van der Waals surface area contributed by atoms with Crippen LogP contribution in [0.4, 0.5) is 4.79 Å². The summed E-state index contributed by atoms with van der Waals surface area (Å²) in [5.74, 6) is -1.30. The molecule has 2 aromatic rings. The van der Waals surface area contributed by atoms with Crippen LogP contribution >= 0.6 is 0 Å². The first-order valence-corrected chi connectivity index (χ1v) is 14.3. The molecule has 3 atom stereocenters. The summed E-state index contributed by atoms with van der Waals surface area (Å²) in [5, 5.41) is 15.2. The summed E-state index contributed by atoms with van der Waals surface area (Å²) in [6, 6.07) is 11.1. The van der Waals surface area contributed by atoms with E-state index in [1.807, 2.05) is 32.9 Å². The highest BCUT2D eigenvalue weighted by molar-refractivity contribution is 5.92. The summed E-state index contributed by atoms with van der Waals surface area (Å²) in [6.45, 7) is 12.8. The number of rotatable bonds is 13. The van der Waals surface area contributed by atoms with E-state index in [-0.39, 0.29) is 31.7 Å². The Hall–Kier alpha value is -4.08. The molecule has 0 radical (unpaired) electrons. The predicted molar refractivity (Wildman–Crippen MR) is 160 cm³/mol. The summed E-state index contributed by atoms with van der Waals surface area (Å²) in [6.07, 6.45) is -0.158. The third-order valence-corrected chi connectivity index (χ3v) is 6.54. The van der Waals surface area contributed by atoms with Crippen LogP contribution in [0.5, 0.6) is 5.75 Å². The van der Waals surface area contributed by atoms with Crippen molar-refractivity contribution in [2.75, 3.05) is 13.2 Å². The molecular weight excluding hydrogens is 538 g/mol. The summed E-state index contributed by atoms with van der Waals surface area (Å²) in [5.41, 5.74) is 1.47. The van der Waals surface area contributed by atoms with Crippen molar-refractivity contribution in [3.8, 4) is 5.75 Å². The highest BCUT2D eigenvalue weighted by Crippen LogP contribution is 2.27. The maximum absolute atomic E-state index is 14.4. The minimum atomic E-state index is -1.08. The lowest BCUT2D eigenvalue weighted by molar-refractivity contribution is -0.146. The van der Waals surface area contributed by atoms with Crippen LogP contribution in [0, 0.1) is 6.92 Å². The average molecular weight is 584 g/mol. The van der Waals surface area contributed by atoms with E-state index in [2.05, 4.69) is 10.6 Å². The van der Waals surface area contributed by atoms with Gasteiger partial charge in [-0.2, -0.15) is 0 Å². The Kier molecular flexibility index (Phi) is 12.8. The molecule has 0 spiro atoms. The molecule has 10 heteroatoms. The molecule has 10 nitrogen and oxygen atoms in total. The van der Waals surface area contributed by atoms with E-state index in [1.165, 1.54) is 17.0 Å². The fourth-order valence-corrected chi connectivity index (χ4v) is 4.30. The number of nitrogens with one attached hydrogen (secondary N) is 2. The van der Waals surface area contributed by atoms with E-state index in [1.54, 1.807) is 52.0 Å². The second kappa shape index (κ2) is 15.8. The average Bonchev–Trinajstić information content (AvgIpc) is 2.91. The van der Waals surface area contributed by atoms with Gasteiger partial charge in [0.15, 0.2) is 0 Å². The Morgan fingerprint density at radius 3 is 2.14 bits per heavy atom. The van der Waals surface area contributed by atoms with Crippen molar-refractivity contribution in [2.45, 2.75) is 91.5 Å². The number of nitrogens with zero attached hydrogens (tertiary/aromatic N) is 1. The van der Waals surface area contributed by atoms with Crippen LogP contribution < -0.4 is 10.6 Å². The van der Waals surface area contributed by atoms with Crippen molar-refractivity contribution in [1.82, 2.24) is 15.5 Å². The van der Waals surface area contributed by atoms with Crippen LogP contribution in [0.1, 0.15) is 77.1 Å². The number of phenols is 1. The van der Waals surface area contributed by atoms with Crippen molar-refractivity contribution in [2.24, 2.45) is 0 Å². The van der Waals surface area contributed by atoms with Gasteiger partial charge in [0.25, 0.3) is 0 Å². The minimum Gasteiger partial charge on any atom is -0.508 e. The van der Waals surface area contributed by atoms with Gasteiger partial charge in [0.1, 0.15) is 23.4 Å². The number of carbonyl (C=O) groups is 4. The molecule has 0 aliphatic carbocycles. The summed E-state index contributed by atoms with van der Waals surface area (Å²) in [7, 11) is 0. The third-order valence-electron chi connectivity index (χ3n) is 6.54. The van der Waals surface area contributed by atoms with E-state index in [0.717, 1.165) is 5.56 Å². The van der Waals surface area contributed by atoms with Crippen molar-refractivity contribution >= 4 is 23.9 Å². The maximum Gasteiger partial charge on any atom is 0.408 e. The normalized spacial score (nSPS) is 13.3. The standard InChI is InChI=1S/C32H45N3O7/c1-8-22(4)35(28(24-14-10-21(3)11-15-24)29(38)33-19-18-27(37)41-9-2)30(39)26(34-31(40)42-32(5,6)7)20-23-12-16-25(36)17-13-23/h10-17,22,26,28,36H,8-9,18-20H2,1-7H3,(H,33,38)(H,34,40). The first kappa shape index (κ1) is 34.1. The zero-order valence-electron chi connectivity index (χ0n) is 25.7. The number of esters is 1. The maximum atomic E-state index is 14.4. The smallest absolute Gasteiger partial charge is 0.408 e. The lowest BCUT2D eigenvalue weighted by Crippen LogP contribution is -2.56. The molecule has 0 fully saturated rings. The molecule has 0 saturated carbocycles. The monoisotopic (exact) mass is 583 g/mol. The Bertz CT molecular complexity index is 1190. The lowest BCUT2D eigenvalue weighted by Gasteiger charge is -2.38.